The number of hydrogen-bond donors (Lipinski definition) is 1. The number of imide groups is 1. The van der Waals surface area contributed by atoms with E-state index in [0.717, 1.165) is 22.6 Å². The fourth-order valence-electron chi connectivity index (χ4n) is 3.99. The lowest BCUT2D eigenvalue weighted by Gasteiger charge is -2.24. The minimum atomic E-state index is -1.31. The van der Waals surface area contributed by atoms with Gasteiger partial charge in [-0.15, -0.1) is 0 Å². The van der Waals surface area contributed by atoms with Crippen molar-refractivity contribution >= 4 is 17.8 Å². The first kappa shape index (κ1) is 23.4. The molecule has 1 atom stereocenters. The monoisotopic (exact) mass is 467 g/mol. The molecule has 2 heterocycles. The van der Waals surface area contributed by atoms with Crippen LogP contribution < -0.4 is 19.5 Å². The van der Waals surface area contributed by atoms with Gasteiger partial charge in [-0.1, -0.05) is 18.2 Å². The summed E-state index contributed by atoms with van der Waals surface area (Å²) in [4.78, 5) is 41.2. The summed E-state index contributed by atoms with van der Waals surface area (Å²) in [6, 6.07) is 12.0. The van der Waals surface area contributed by atoms with Crippen molar-refractivity contribution in [2.45, 2.75) is 32.4 Å². The summed E-state index contributed by atoms with van der Waals surface area (Å²) in [6.45, 7) is 5.17. The first-order valence-electron chi connectivity index (χ1n) is 11.3. The van der Waals surface area contributed by atoms with E-state index in [1.54, 1.807) is 32.2 Å². The van der Waals surface area contributed by atoms with Crippen molar-refractivity contribution in [1.29, 1.82) is 0 Å². The number of carbonyl (C=O) groups excluding carboxylic acids is 3. The summed E-state index contributed by atoms with van der Waals surface area (Å²) in [6.07, 6.45) is 0.761. The lowest BCUT2D eigenvalue weighted by atomic mass is 9.91. The third-order valence-electron chi connectivity index (χ3n) is 5.97. The number of amides is 4. The Kier molecular flexibility index (Phi) is 6.63. The minimum Gasteiger partial charge on any atom is -0.494 e. The summed E-state index contributed by atoms with van der Waals surface area (Å²) in [5.74, 6) is 1.05. The number of likely N-dealkylation sites (N-methyl/N-ethyl adjacent to an activating group) is 1. The summed E-state index contributed by atoms with van der Waals surface area (Å²) in [5, 5.41) is 2.74. The van der Waals surface area contributed by atoms with Gasteiger partial charge in [-0.05, 0) is 49.2 Å². The third-order valence-corrected chi connectivity index (χ3v) is 5.97. The zero-order valence-corrected chi connectivity index (χ0v) is 19.6. The van der Waals surface area contributed by atoms with Crippen LogP contribution in [-0.2, 0) is 21.7 Å². The normalized spacial score (nSPS) is 19.4. The number of urea groups is 1. The van der Waals surface area contributed by atoms with Crippen LogP contribution in [0.15, 0.2) is 42.5 Å². The van der Waals surface area contributed by atoms with Crippen LogP contribution in [0.25, 0.3) is 0 Å². The number of ether oxygens (including phenoxy) is 3. The average molecular weight is 468 g/mol. The van der Waals surface area contributed by atoms with E-state index in [9.17, 15) is 14.4 Å². The van der Waals surface area contributed by atoms with Crippen LogP contribution in [0.3, 0.4) is 0 Å². The number of rotatable bonds is 7. The van der Waals surface area contributed by atoms with Crippen LogP contribution in [0.5, 0.6) is 17.2 Å². The Labute approximate surface area is 198 Å². The van der Waals surface area contributed by atoms with Gasteiger partial charge in [-0.2, -0.15) is 0 Å². The fraction of sp³-hybridized carbons (Fsp3) is 0.400. The maximum atomic E-state index is 13.3. The molecular weight excluding hydrogens is 438 g/mol. The van der Waals surface area contributed by atoms with Gasteiger partial charge in [0.2, 0.25) is 5.91 Å². The van der Waals surface area contributed by atoms with Crippen LogP contribution in [0.4, 0.5) is 4.79 Å². The summed E-state index contributed by atoms with van der Waals surface area (Å²) in [7, 11) is 1.64. The lowest BCUT2D eigenvalue weighted by molar-refractivity contribution is -0.138. The molecule has 0 radical (unpaired) electrons. The number of fused-ring (bicyclic) bond motifs is 1. The van der Waals surface area contributed by atoms with Crippen molar-refractivity contribution in [2.24, 2.45) is 0 Å². The van der Waals surface area contributed by atoms with E-state index in [2.05, 4.69) is 5.32 Å². The van der Waals surface area contributed by atoms with Crippen molar-refractivity contribution in [1.82, 2.24) is 15.1 Å². The quantitative estimate of drug-likeness (QED) is 0.629. The number of nitrogens with one attached hydrogen (secondary N) is 1. The SMILES string of the molecule is CCOc1ccc(CN(C)C(=O)CN2C(=O)NC(C)(c3ccc4c(c3)OCCCO4)C2=O)cc1. The highest BCUT2D eigenvalue weighted by Gasteiger charge is 2.50. The Morgan fingerprint density at radius 3 is 2.53 bits per heavy atom. The molecule has 34 heavy (non-hydrogen) atoms. The molecule has 0 spiro atoms. The van der Waals surface area contributed by atoms with E-state index in [0.29, 0.717) is 43.4 Å². The predicted molar refractivity (Wildman–Crippen MR) is 124 cm³/mol. The van der Waals surface area contributed by atoms with Crippen molar-refractivity contribution in [3.8, 4) is 17.2 Å². The molecule has 9 heteroatoms. The van der Waals surface area contributed by atoms with Crippen LogP contribution in [-0.4, -0.2) is 61.1 Å². The summed E-state index contributed by atoms with van der Waals surface area (Å²) >= 11 is 0. The van der Waals surface area contributed by atoms with Gasteiger partial charge >= 0.3 is 6.03 Å². The van der Waals surface area contributed by atoms with E-state index in [-0.39, 0.29) is 12.5 Å². The van der Waals surface area contributed by atoms with Gasteiger partial charge in [-0.25, -0.2) is 4.79 Å². The van der Waals surface area contributed by atoms with Crippen LogP contribution >= 0.6 is 0 Å². The fourth-order valence-corrected chi connectivity index (χ4v) is 3.99. The highest BCUT2D eigenvalue weighted by Crippen LogP contribution is 2.36. The molecule has 4 amide bonds. The smallest absolute Gasteiger partial charge is 0.325 e. The third kappa shape index (κ3) is 4.64. The molecule has 180 valence electrons. The molecule has 0 bridgehead atoms. The molecule has 9 nitrogen and oxygen atoms in total. The average Bonchev–Trinajstić information content (AvgIpc) is 2.98. The Morgan fingerprint density at radius 2 is 1.82 bits per heavy atom. The second-order valence-electron chi connectivity index (χ2n) is 8.49. The molecule has 1 saturated heterocycles. The highest BCUT2D eigenvalue weighted by atomic mass is 16.5. The van der Waals surface area contributed by atoms with Gasteiger partial charge in [0.05, 0.1) is 19.8 Å². The largest absolute Gasteiger partial charge is 0.494 e. The van der Waals surface area contributed by atoms with Crippen LogP contribution in [0.2, 0.25) is 0 Å². The van der Waals surface area contributed by atoms with Gasteiger partial charge in [-0.3, -0.25) is 14.5 Å². The Balaban J connectivity index is 1.44. The molecule has 1 unspecified atom stereocenters. The molecule has 2 aromatic rings. The van der Waals surface area contributed by atoms with Crippen molar-refractivity contribution < 1.29 is 28.6 Å². The first-order chi connectivity index (χ1) is 16.3. The van der Waals surface area contributed by atoms with Crippen LogP contribution in [0, 0.1) is 0 Å². The van der Waals surface area contributed by atoms with Gasteiger partial charge < -0.3 is 24.4 Å². The van der Waals surface area contributed by atoms with E-state index >= 15 is 0 Å². The summed E-state index contributed by atoms with van der Waals surface area (Å²) < 4.78 is 16.8. The van der Waals surface area contributed by atoms with Crippen molar-refractivity contribution in [3.63, 3.8) is 0 Å². The zero-order chi connectivity index (χ0) is 24.3. The molecule has 0 saturated carbocycles. The van der Waals surface area contributed by atoms with E-state index < -0.39 is 17.5 Å². The van der Waals surface area contributed by atoms with Gasteiger partial charge in [0.15, 0.2) is 11.5 Å². The number of hydrogen-bond acceptors (Lipinski definition) is 6. The van der Waals surface area contributed by atoms with E-state index in [1.165, 1.54) is 4.90 Å². The Morgan fingerprint density at radius 1 is 1.12 bits per heavy atom. The maximum absolute atomic E-state index is 13.3. The zero-order valence-electron chi connectivity index (χ0n) is 19.6. The van der Waals surface area contributed by atoms with Crippen molar-refractivity contribution in [2.75, 3.05) is 33.4 Å². The van der Waals surface area contributed by atoms with E-state index in [1.807, 2.05) is 31.2 Å². The number of nitrogens with zero attached hydrogens (tertiary/aromatic N) is 2. The van der Waals surface area contributed by atoms with E-state index in [4.69, 9.17) is 14.2 Å². The van der Waals surface area contributed by atoms with Crippen molar-refractivity contribution in [3.05, 3.63) is 53.6 Å². The van der Waals surface area contributed by atoms with Crippen LogP contribution in [0.1, 0.15) is 31.4 Å². The molecule has 0 aliphatic carbocycles. The highest BCUT2D eigenvalue weighted by molar-refractivity contribution is 6.09. The van der Waals surface area contributed by atoms with Gasteiger partial charge in [0.1, 0.15) is 17.8 Å². The first-order valence-corrected chi connectivity index (χ1v) is 11.3. The molecule has 4 rings (SSSR count). The molecule has 2 aliphatic heterocycles. The molecule has 1 fully saturated rings. The topological polar surface area (TPSA) is 97.4 Å². The Bertz CT molecular complexity index is 1090. The Hall–Kier alpha value is -3.75. The predicted octanol–water partition coefficient (Wildman–Crippen LogP) is 2.67. The van der Waals surface area contributed by atoms with Gasteiger partial charge in [0.25, 0.3) is 5.91 Å². The number of benzene rings is 2. The number of carbonyl (C=O) groups is 3. The second kappa shape index (κ2) is 9.62. The minimum absolute atomic E-state index is 0.342. The molecule has 0 aromatic heterocycles. The summed E-state index contributed by atoms with van der Waals surface area (Å²) in [5.41, 5.74) is 0.164. The lowest BCUT2D eigenvalue weighted by Crippen LogP contribution is -2.43. The molecule has 1 N–H and O–H groups in total. The molecule has 2 aliphatic rings. The molecular formula is C25H29N3O6. The van der Waals surface area contributed by atoms with Gasteiger partial charge in [0, 0.05) is 20.0 Å². The second-order valence-corrected chi connectivity index (χ2v) is 8.49. The maximum Gasteiger partial charge on any atom is 0.325 e. The molecule has 2 aromatic carbocycles. The standard InChI is InChI=1S/C25H29N3O6/c1-4-32-19-9-6-17(7-10-19)15-27(3)22(29)16-28-23(30)25(2,26-24(28)31)18-8-11-20-21(14-18)34-13-5-12-33-20/h6-11,14H,4-5,12-13,15-16H2,1-3H3,(H,26,31).